The summed E-state index contributed by atoms with van der Waals surface area (Å²) in [6.07, 6.45) is 10.1. The Hall–Kier alpha value is -1.99. The zero-order valence-electron chi connectivity index (χ0n) is 16.8. The molecular formula is C21H34N2O5. The number of carbonyl (C=O) groups is 1. The van der Waals surface area contributed by atoms with E-state index in [1.807, 2.05) is 0 Å². The van der Waals surface area contributed by atoms with E-state index in [9.17, 15) is 25.1 Å². The maximum atomic E-state index is 12.3. The van der Waals surface area contributed by atoms with E-state index in [1.54, 1.807) is 0 Å². The molecule has 2 atom stereocenters. The highest BCUT2D eigenvalue weighted by Crippen LogP contribution is 2.18. The van der Waals surface area contributed by atoms with Crippen molar-refractivity contribution in [2.24, 2.45) is 0 Å². The van der Waals surface area contributed by atoms with Gasteiger partial charge in [-0.3, -0.25) is 14.9 Å². The molecule has 0 heterocycles. The molecule has 7 heteroatoms. The lowest BCUT2D eigenvalue weighted by Crippen LogP contribution is -2.46. The van der Waals surface area contributed by atoms with Crippen LogP contribution in [0.25, 0.3) is 0 Å². The second-order valence-corrected chi connectivity index (χ2v) is 7.22. The number of nitro groups is 1. The van der Waals surface area contributed by atoms with Gasteiger partial charge >= 0.3 is 0 Å². The molecule has 0 aliphatic carbocycles. The Labute approximate surface area is 167 Å². The highest BCUT2D eigenvalue weighted by molar-refractivity contribution is 5.98. The van der Waals surface area contributed by atoms with E-state index in [0.717, 1.165) is 19.3 Å². The fourth-order valence-electron chi connectivity index (χ4n) is 3.20. The van der Waals surface area contributed by atoms with Gasteiger partial charge in [-0.25, -0.2) is 0 Å². The highest BCUT2D eigenvalue weighted by Gasteiger charge is 2.25. The Balaban J connectivity index is 2.36. The first-order valence-corrected chi connectivity index (χ1v) is 10.3. The lowest BCUT2D eigenvalue weighted by atomic mass is 10.0. The fourth-order valence-corrected chi connectivity index (χ4v) is 3.20. The van der Waals surface area contributed by atoms with Crippen LogP contribution in [0, 0.1) is 10.1 Å². The zero-order valence-corrected chi connectivity index (χ0v) is 16.8. The van der Waals surface area contributed by atoms with Crippen LogP contribution in [0.15, 0.2) is 24.3 Å². The number of benzene rings is 1. The predicted molar refractivity (Wildman–Crippen MR) is 109 cm³/mol. The van der Waals surface area contributed by atoms with Crippen LogP contribution in [-0.2, 0) is 0 Å². The van der Waals surface area contributed by atoms with Gasteiger partial charge in [0.1, 0.15) is 5.56 Å². The van der Waals surface area contributed by atoms with Crippen LogP contribution in [0.4, 0.5) is 5.69 Å². The minimum atomic E-state index is -0.888. The van der Waals surface area contributed by atoms with Crippen LogP contribution >= 0.6 is 0 Å². The van der Waals surface area contributed by atoms with Crippen LogP contribution in [0.3, 0.4) is 0 Å². The molecule has 7 nitrogen and oxygen atoms in total. The maximum absolute atomic E-state index is 12.3. The normalized spacial score (nSPS) is 13.1. The molecule has 3 N–H and O–H groups in total. The van der Waals surface area contributed by atoms with E-state index in [0.29, 0.717) is 6.42 Å². The van der Waals surface area contributed by atoms with Crippen molar-refractivity contribution in [3.8, 4) is 0 Å². The Kier molecular flexibility index (Phi) is 12.1. The third-order valence-corrected chi connectivity index (χ3v) is 4.93. The van der Waals surface area contributed by atoms with Crippen molar-refractivity contribution in [3.05, 3.63) is 39.9 Å². The summed E-state index contributed by atoms with van der Waals surface area (Å²) in [5.74, 6) is -0.669. The summed E-state index contributed by atoms with van der Waals surface area (Å²) >= 11 is 0. The predicted octanol–water partition coefficient (Wildman–Crippen LogP) is 3.97. The van der Waals surface area contributed by atoms with E-state index in [2.05, 4.69) is 12.2 Å². The molecule has 1 aromatic carbocycles. The van der Waals surface area contributed by atoms with Gasteiger partial charge in [0, 0.05) is 6.07 Å². The van der Waals surface area contributed by atoms with Crippen LogP contribution in [0.2, 0.25) is 0 Å². The number of hydrogen-bond donors (Lipinski definition) is 3. The molecular weight excluding hydrogens is 360 g/mol. The third-order valence-electron chi connectivity index (χ3n) is 4.93. The maximum Gasteiger partial charge on any atom is 0.282 e. The van der Waals surface area contributed by atoms with Gasteiger partial charge < -0.3 is 15.5 Å². The molecule has 1 rings (SSSR count). The molecule has 0 fully saturated rings. The van der Waals surface area contributed by atoms with Crippen molar-refractivity contribution in [3.63, 3.8) is 0 Å². The molecule has 0 bridgehead atoms. The third kappa shape index (κ3) is 8.80. The Morgan fingerprint density at radius 1 is 1.07 bits per heavy atom. The van der Waals surface area contributed by atoms with Crippen molar-refractivity contribution < 1.29 is 19.9 Å². The number of para-hydroxylation sites is 1. The highest BCUT2D eigenvalue weighted by atomic mass is 16.6. The first kappa shape index (κ1) is 24.0. The molecule has 0 saturated heterocycles. The van der Waals surface area contributed by atoms with Gasteiger partial charge in [-0.1, -0.05) is 76.8 Å². The molecule has 1 aromatic rings. The van der Waals surface area contributed by atoms with Crippen LogP contribution in [0.1, 0.15) is 81.5 Å². The summed E-state index contributed by atoms with van der Waals surface area (Å²) in [5.41, 5.74) is -0.383. The van der Waals surface area contributed by atoms with E-state index >= 15 is 0 Å². The van der Waals surface area contributed by atoms with Crippen LogP contribution in [-0.4, -0.2) is 39.8 Å². The standard InChI is InChI=1S/C21H34N2O5/c1-2-3-4-5-6-7-8-9-10-15-20(25)18(16-24)22-21(26)17-13-11-12-14-19(17)23(27)28/h11-14,18,20,24-25H,2-10,15-16H2,1H3,(H,22,26). The molecule has 2 unspecified atom stereocenters. The minimum Gasteiger partial charge on any atom is -0.394 e. The van der Waals surface area contributed by atoms with E-state index < -0.39 is 29.6 Å². The Morgan fingerprint density at radius 2 is 1.64 bits per heavy atom. The quantitative estimate of drug-likeness (QED) is 0.237. The Morgan fingerprint density at radius 3 is 2.21 bits per heavy atom. The van der Waals surface area contributed by atoms with Gasteiger partial charge in [0.2, 0.25) is 0 Å². The van der Waals surface area contributed by atoms with Crippen molar-refractivity contribution in [2.45, 2.75) is 83.3 Å². The van der Waals surface area contributed by atoms with Gasteiger partial charge in [-0.05, 0) is 12.5 Å². The smallest absolute Gasteiger partial charge is 0.282 e. The average molecular weight is 395 g/mol. The molecule has 1 amide bonds. The SMILES string of the molecule is CCCCCCCCCCCC(O)C(CO)NC(=O)c1ccccc1[N+](=O)[O-]. The summed E-state index contributed by atoms with van der Waals surface area (Å²) < 4.78 is 0. The number of rotatable bonds is 15. The topological polar surface area (TPSA) is 113 Å². The van der Waals surface area contributed by atoms with E-state index in [-0.39, 0.29) is 11.3 Å². The van der Waals surface area contributed by atoms with Crippen molar-refractivity contribution in [1.82, 2.24) is 5.32 Å². The van der Waals surface area contributed by atoms with Gasteiger partial charge in [-0.15, -0.1) is 0 Å². The van der Waals surface area contributed by atoms with Gasteiger partial charge in [0.25, 0.3) is 11.6 Å². The lowest BCUT2D eigenvalue weighted by molar-refractivity contribution is -0.385. The molecule has 0 aliphatic heterocycles. The first-order chi connectivity index (χ1) is 13.5. The summed E-state index contributed by atoms with van der Waals surface area (Å²) in [7, 11) is 0. The van der Waals surface area contributed by atoms with Crippen LogP contribution in [0.5, 0.6) is 0 Å². The van der Waals surface area contributed by atoms with Crippen molar-refractivity contribution >= 4 is 11.6 Å². The number of amides is 1. The van der Waals surface area contributed by atoms with Gasteiger partial charge in [0.05, 0.1) is 23.7 Å². The molecule has 158 valence electrons. The summed E-state index contributed by atoms with van der Waals surface area (Å²) in [6.45, 7) is 1.78. The Bertz CT molecular complexity index is 594. The molecule has 0 aliphatic rings. The molecule has 0 saturated carbocycles. The summed E-state index contributed by atoms with van der Waals surface area (Å²) in [5, 5.41) is 33.3. The van der Waals surface area contributed by atoms with Gasteiger partial charge in [0.15, 0.2) is 0 Å². The number of nitrogens with one attached hydrogen (secondary N) is 1. The summed E-state index contributed by atoms with van der Waals surface area (Å²) in [6, 6.07) is 4.78. The number of nitro benzene ring substituents is 1. The largest absolute Gasteiger partial charge is 0.394 e. The fraction of sp³-hybridized carbons (Fsp3) is 0.667. The van der Waals surface area contributed by atoms with E-state index in [1.165, 1.54) is 62.8 Å². The zero-order chi connectivity index (χ0) is 20.8. The number of hydrogen-bond acceptors (Lipinski definition) is 5. The number of nitrogens with zero attached hydrogens (tertiary/aromatic N) is 1. The monoisotopic (exact) mass is 394 g/mol. The number of aliphatic hydroxyl groups excluding tert-OH is 2. The van der Waals surface area contributed by atoms with Crippen molar-refractivity contribution in [1.29, 1.82) is 0 Å². The average Bonchev–Trinajstić information content (AvgIpc) is 2.70. The molecule has 0 aromatic heterocycles. The first-order valence-electron chi connectivity index (χ1n) is 10.3. The molecule has 0 spiro atoms. The summed E-state index contributed by atoms with van der Waals surface area (Å²) in [4.78, 5) is 22.7. The second kappa shape index (κ2) is 14.1. The van der Waals surface area contributed by atoms with Crippen LogP contribution < -0.4 is 5.32 Å². The van der Waals surface area contributed by atoms with Gasteiger partial charge in [-0.2, -0.15) is 0 Å². The second-order valence-electron chi connectivity index (χ2n) is 7.22. The number of unbranched alkanes of at least 4 members (excludes halogenated alkanes) is 8. The molecule has 28 heavy (non-hydrogen) atoms. The number of carbonyl (C=O) groups excluding carboxylic acids is 1. The lowest BCUT2D eigenvalue weighted by Gasteiger charge is -2.22. The van der Waals surface area contributed by atoms with Crippen molar-refractivity contribution in [2.75, 3.05) is 6.61 Å². The number of aliphatic hydroxyl groups is 2. The molecule has 0 radical (unpaired) electrons. The van der Waals surface area contributed by atoms with E-state index in [4.69, 9.17) is 0 Å². The minimum absolute atomic E-state index is 0.0822.